The molecule has 2 heterocycles. The Labute approximate surface area is 173 Å². The van der Waals surface area contributed by atoms with E-state index in [9.17, 15) is 9.59 Å². The maximum absolute atomic E-state index is 13.4. The second kappa shape index (κ2) is 7.22. The third kappa shape index (κ3) is 3.09. The number of carbonyl (C=O) groups is 2. The monoisotopic (exact) mass is 411 g/mol. The van der Waals surface area contributed by atoms with E-state index in [0.717, 1.165) is 24.2 Å². The smallest absolute Gasteiger partial charge is 0.294 e. The first-order chi connectivity index (χ1) is 13.8. The predicted octanol–water partition coefficient (Wildman–Crippen LogP) is 3.51. The number of halogens is 1. The summed E-state index contributed by atoms with van der Waals surface area (Å²) in [6.07, 6.45) is 2.55. The van der Waals surface area contributed by atoms with Gasteiger partial charge in [0.25, 0.3) is 11.7 Å². The van der Waals surface area contributed by atoms with Crippen LogP contribution in [-0.2, 0) is 10.3 Å². The van der Waals surface area contributed by atoms with E-state index in [1.165, 1.54) is 4.90 Å². The molecule has 1 unspecified atom stereocenters. The van der Waals surface area contributed by atoms with E-state index in [2.05, 4.69) is 15.1 Å². The van der Waals surface area contributed by atoms with Gasteiger partial charge in [0.05, 0.1) is 0 Å². The lowest BCUT2D eigenvalue weighted by Crippen LogP contribution is -2.54. The van der Waals surface area contributed by atoms with Gasteiger partial charge in [-0.1, -0.05) is 29.8 Å². The number of hydrogen-bond donors (Lipinski definition) is 0. The number of hydrogen-bond acceptors (Lipinski definition) is 5. The van der Waals surface area contributed by atoms with E-state index in [1.54, 1.807) is 17.6 Å². The molecule has 0 spiro atoms. The van der Waals surface area contributed by atoms with Crippen LogP contribution < -0.4 is 0 Å². The third-order valence-electron chi connectivity index (χ3n) is 5.66. The van der Waals surface area contributed by atoms with Crippen LogP contribution in [0.15, 0.2) is 30.3 Å². The fourth-order valence-electron chi connectivity index (χ4n) is 4.21. The van der Waals surface area contributed by atoms with Crippen LogP contribution in [0.2, 0.25) is 5.02 Å². The van der Waals surface area contributed by atoms with Gasteiger partial charge in [-0.3, -0.25) is 9.59 Å². The van der Waals surface area contributed by atoms with Crippen molar-refractivity contribution < 1.29 is 9.59 Å². The molecule has 0 saturated heterocycles. The summed E-state index contributed by atoms with van der Waals surface area (Å²) in [5, 5.41) is 4.82. The summed E-state index contributed by atoms with van der Waals surface area (Å²) in [6, 6.07) is 9.09. The van der Waals surface area contributed by atoms with Crippen molar-refractivity contribution in [2.75, 3.05) is 7.05 Å². The van der Waals surface area contributed by atoms with Crippen molar-refractivity contribution in [1.82, 2.24) is 24.5 Å². The molecule has 1 amide bonds. The Hall–Kier alpha value is -2.80. The minimum atomic E-state index is -1.12. The number of fused-ring (bicyclic) bond motifs is 1. The number of benzene rings is 1. The zero-order valence-electron chi connectivity index (χ0n) is 16.6. The van der Waals surface area contributed by atoms with Gasteiger partial charge in [-0.15, -0.1) is 5.10 Å². The quantitative estimate of drug-likeness (QED) is 0.658. The lowest BCUT2D eigenvalue weighted by atomic mass is 9.74. The van der Waals surface area contributed by atoms with Crippen LogP contribution >= 0.6 is 11.6 Å². The maximum atomic E-state index is 13.4. The van der Waals surface area contributed by atoms with Crippen molar-refractivity contribution >= 4 is 29.1 Å². The maximum Gasteiger partial charge on any atom is 0.294 e. The molecule has 1 aromatic carbocycles. The van der Waals surface area contributed by atoms with Gasteiger partial charge in [-0.05, 0) is 45.2 Å². The highest BCUT2D eigenvalue weighted by Crippen LogP contribution is 2.42. The number of likely N-dealkylation sites (N-methyl/N-ethyl adjacent to an activating group) is 1. The van der Waals surface area contributed by atoms with Gasteiger partial charge in [-0.25, -0.2) is 9.50 Å². The van der Waals surface area contributed by atoms with Gasteiger partial charge in [0, 0.05) is 35.4 Å². The van der Waals surface area contributed by atoms with Gasteiger partial charge in [0.1, 0.15) is 5.54 Å². The van der Waals surface area contributed by atoms with Gasteiger partial charge in [0.15, 0.2) is 5.78 Å². The van der Waals surface area contributed by atoms with Crippen molar-refractivity contribution in [3.63, 3.8) is 0 Å². The summed E-state index contributed by atoms with van der Waals surface area (Å²) in [4.78, 5) is 36.8. The highest BCUT2D eigenvalue weighted by Gasteiger charge is 2.48. The van der Waals surface area contributed by atoms with E-state index in [4.69, 9.17) is 11.6 Å². The molecule has 29 heavy (non-hydrogen) atoms. The van der Waals surface area contributed by atoms with Crippen LogP contribution in [0.5, 0.6) is 0 Å². The highest BCUT2D eigenvalue weighted by atomic mass is 35.5. The Bertz CT molecular complexity index is 1130. The summed E-state index contributed by atoms with van der Waals surface area (Å²) in [5.74, 6) is -0.0659. The molecular weight excluding hydrogens is 390 g/mol. The van der Waals surface area contributed by atoms with Crippen molar-refractivity contribution in [3.8, 4) is 0 Å². The Morgan fingerprint density at radius 1 is 1.21 bits per heavy atom. The highest BCUT2D eigenvalue weighted by molar-refractivity contribution is 6.31. The standard InChI is InChI=1S/C21H22ClN5O2/c1-13-12-14(2)27-20(23-13)24-18(25-27)19(29)26(3)21(11-7-6-10-17(21)28)15-8-4-5-9-16(15)22/h4-5,8-9,12H,6-7,10-11H2,1-3H3. The van der Waals surface area contributed by atoms with E-state index in [-0.39, 0.29) is 11.6 Å². The number of rotatable bonds is 3. The molecule has 1 atom stereocenters. The Balaban J connectivity index is 1.82. The number of ketones is 1. The van der Waals surface area contributed by atoms with Crippen LogP contribution in [0.25, 0.3) is 5.78 Å². The van der Waals surface area contributed by atoms with Crippen LogP contribution in [0.1, 0.15) is 53.3 Å². The molecule has 1 aliphatic rings. The van der Waals surface area contributed by atoms with Crippen LogP contribution in [-0.4, -0.2) is 43.2 Å². The average Bonchev–Trinajstić information content (AvgIpc) is 3.12. The molecule has 7 nitrogen and oxygen atoms in total. The minimum Gasteiger partial charge on any atom is -0.322 e. The summed E-state index contributed by atoms with van der Waals surface area (Å²) in [7, 11) is 1.63. The Morgan fingerprint density at radius 3 is 2.69 bits per heavy atom. The number of nitrogens with zero attached hydrogens (tertiary/aromatic N) is 5. The van der Waals surface area contributed by atoms with E-state index in [0.29, 0.717) is 29.2 Å². The number of aromatic nitrogens is 4. The SMILES string of the molecule is Cc1cc(C)n2nc(C(=O)N(C)C3(c4ccccc4Cl)CCCCC3=O)nc2n1. The van der Waals surface area contributed by atoms with Crippen molar-refractivity contribution in [1.29, 1.82) is 0 Å². The fourth-order valence-corrected chi connectivity index (χ4v) is 4.50. The lowest BCUT2D eigenvalue weighted by Gasteiger charge is -2.43. The Kier molecular flexibility index (Phi) is 4.86. The van der Waals surface area contributed by atoms with E-state index in [1.807, 2.05) is 38.1 Å². The molecule has 1 aliphatic carbocycles. The summed E-state index contributed by atoms with van der Waals surface area (Å²) in [5.41, 5.74) is 1.15. The molecule has 0 bridgehead atoms. The van der Waals surface area contributed by atoms with Crippen molar-refractivity contribution in [2.45, 2.75) is 45.1 Å². The first-order valence-electron chi connectivity index (χ1n) is 9.62. The third-order valence-corrected chi connectivity index (χ3v) is 5.99. The van der Waals surface area contributed by atoms with Crippen molar-refractivity contribution in [3.05, 3.63) is 58.1 Å². The number of amides is 1. The largest absolute Gasteiger partial charge is 0.322 e. The molecule has 3 aromatic rings. The molecule has 1 fully saturated rings. The average molecular weight is 412 g/mol. The number of carbonyl (C=O) groups excluding carboxylic acids is 2. The normalized spacial score (nSPS) is 19.5. The summed E-state index contributed by atoms with van der Waals surface area (Å²) in [6.45, 7) is 3.74. The zero-order valence-corrected chi connectivity index (χ0v) is 17.4. The molecule has 0 N–H and O–H groups in total. The molecule has 0 aliphatic heterocycles. The van der Waals surface area contributed by atoms with Gasteiger partial charge < -0.3 is 4.90 Å². The molecule has 150 valence electrons. The molecule has 1 saturated carbocycles. The zero-order chi connectivity index (χ0) is 20.8. The first kappa shape index (κ1) is 19.5. The lowest BCUT2D eigenvalue weighted by molar-refractivity contribution is -0.132. The molecule has 4 rings (SSSR count). The van der Waals surface area contributed by atoms with Crippen LogP contribution in [0.3, 0.4) is 0 Å². The van der Waals surface area contributed by atoms with E-state index < -0.39 is 11.4 Å². The second-order valence-electron chi connectivity index (χ2n) is 7.52. The second-order valence-corrected chi connectivity index (χ2v) is 7.93. The minimum absolute atomic E-state index is 0.0124. The molecule has 2 aromatic heterocycles. The molecule has 0 radical (unpaired) electrons. The van der Waals surface area contributed by atoms with E-state index >= 15 is 0 Å². The summed E-state index contributed by atoms with van der Waals surface area (Å²) < 4.78 is 1.54. The van der Waals surface area contributed by atoms with Crippen LogP contribution in [0.4, 0.5) is 0 Å². The van der Waals surface area contributed by atoms with Gasteiger partial charge in [0.2, 0.25) is 5.82 Å². The van der Waals surface area contributed by atoms with Crippen molar-refractivity contribution in [2.24, 2.45) is 0 Å². The summed E-state index contributed by atoms with van der Waals surface area (Å²) >= 11 is 6.47. The molecular formula is C21H22ClN5O2. The predicted molar refractivity (Wildman–Crippen MR) is 109 cm³/mol. The fraction of sp³-hybridized carbons (Fsp3) is 0.381. The number of aryl methyl sites for hydroxylation is 2. The molecule has 8 heteroatoms. The van der Waals surface area contributed by atoms with Crippen LogP contribution in [0, 0.1) is 13.8 Å². The topological polar surface area (TPSA) is 80.5 Å². The van der Waals surface area contributed by atoms with Gasteiger partial charge in [-0.2, -0.15) is 4.98 Å². The first-order valence-corrected chi connectivity index (χ1v) is 10.00. The Morgan fingerprint density at radius 2 is 1.97 bits per heavy atom. The van der Waals surface area contributed by atoms with Gasteiger partial charge >= 0.3 is 0 Å². The number of Topliss-reactive ketones (excluding diaryl/α,β-unsaturated/α-hetero) is 1.